The largest absolute Gasteiger partial charge is 0.456 e. The third-order valence-corrected chi connectivity index (χ3v) is 9.65. The minimum Gasteiger partial charge on any atom is -0.456 e. The molecule has 0 saturated heterocycles. The quantitative estimate of drug-likeness (QED) is 0.190. The molecule has 2 heterocycles. The van der Waals surface area contributed by atoms with E-state index in [9.17, 15) is 0 Å². The number of anilines is 3. The van der Waals surface area contributed by atoms with Gasteiger partial charge in [0.1, 0.15) is 22.3 Å². The monoisotopic (exact) mass is 627 g/mol. The van der Waals surface area contributed by atoms with Gasteiger partial charge in [0, 0.05) is 44.0 Å². The van der Waals surface area contributed by atoms with E-state index >= 15 is 0 Å². The summed E-state index contributed by atoms with van der Waals surface area (Å²) in [6.07, 6.45) is 0. The Morgan fingerprint density at radius 2 is 0.980 bits per heavy atom. The molecule has 8 aromatic carbocycles. The molecular formula is C46H29NO2. The summed E-state index contributed by atoms with van der Waals surface area (Å²) in [5, 5.41) is 6.88. The van der Waals surface area contributed by atoms with Crippen molar-refractivity contribution in [2.45, 2.75) is 0 Å². The second-order valence-corrected chi connectivity index (χ2v) is 12.5. The maximum atomic E-state index is 6.56. The van der Waals surface area contributed by atoms with Crippen molar-refractivity contribution >= 4 is 71.7 Å². The normalized spacial score (nSPS) is 11.7. The smallest absolute Gasteiger partial charge is 0.143 e. The third kappa shape index (κ3) is 4.51. The van der Waals surface area contributed by atoms with Crippen molar-refractivity contribution in [3.05, 3.63) is 176 Å². The topological polar surface area (TPSA) is 29.5 Å². The van der Waals surface area contributed by atoms with E-state index in [2.05, 4.69) is 157 Å². The van der Waals surface area contributed by atoms with Gasteiger partial charge in [-0.3, -0.25) is 0 Å². The second-order valence-electron chi connectivity index (χ2n) is 12.5. The average Bonchev–Trinajstić information content (AvgIpc) is 3.74. The van der Waals surface area contributed by atoms with Crippen LogP contribution >= 0.6 is 0 Å². The predicted octanol–water partition coefficient (Wildman–Crippen LogP) is 13.4. The van der Waals surface area contributed by atoms with Crippen LogP contribution in [0.25, 0.3) is 76.9 Å². The van der Waals surface area contributed by atoms with Crippen molar-refractivity contribution in [3.63, 3.8) is 0 Å². The van der Waals surface area contributed by atoms with Crippen LogP contribution in [0.2, 0.25) is 0 Å². The Morgan fingerprint density at radius 1 is 0.347 bits per heavy atom. The minimum atomic E-state index is 0.871. The first-order chi connectivity index (χ1) is 24.3. The lowest BCUT2D eigenvalue weighted by molar-refractivity contribution is 0.669. The number of benzene rings is 8. The van der Waals surface area contributed by atoms with E-state index in [1.165, 1.54) is 16.3 Å². The molecular weight excluding hydrogens is 599 g/mol. The standard InChI is InChI=1S/C46H29NO2/c1-2-12-31-27-33(24-23-30(31)11-1)32-13-9-14-34(28-32)47(35-25-26-45-41(29-35)38-17-5-7-21-43(38)48-45)42-20-6-3-15-36(42)39-18-10-19-40-37-16-4-8-22-44(37)49-46(39)40/h1-29H. The van der Waals surface area contributed by atoms with Gasteiger partial charge in [-0.25, -0.2) is 0 Å². The maximum Gasteiger partial charge on any atom is 0.143 e. The van der Waals surface area contributed by atoms with Crippen LogP contribution in [0.4, 0.5) is 17.1 Å². The lowest BCUT2D eigenvalue weighted by atomic mass is 9.98. The SMILES string of the molecule is c1cc(-c2ccc3ccccc3c2)cc(N(c2ccc3oc4ccccc4c3c2)c2ccccc2-c2cccc3c2oc2ccccc23)c1. The number of para-hydroxylation sites is 4. The lowest BCUT2D eigenvalue weighted by Gasteiger charge is -2.28. The first-order valence-electron chi connectivity index (χ1n) is 16.6. The van der Waals surface area contributed by atoms with Gasteiger partial charge in [0.15, 0.2) is 0 Å². The fourth-order valence-electron chi connectivity index (χ4n) is 7.33. The van der Waals surface area contributed by atoms with E-state index in [0.717, 1.165) is 77.6 Å². The summed E-state index contributed by atoms with van der Waals surface area (Å²) < 4.78 is 12.8. The Hall–Kier alpha value is -6.58. The van der Waals surface area contributed by atoms with Crippen molar-refractivity contribution < 1.29 is 8.83 Å². The van der Waals surface area contributed by atoms with Crippen LogP contribution in [-0.2, 0) is 0 Å². The first-order valence-corrected chi connectivity index (χ1v) is 16.6. The summed E-state index contributed by atoms with van der Waals surface area (Å²) in [4.78, 5) is 2.36. The van der Waals surface area contributed by atoms with Crippen LogP contribution in [0, 0.1) is 0 Å². The van der Waals surface area contributed by atoms with Gasteiger partial charge in [-0.15, -0.1) is 0 Å². The molecule has 0 saturated carbocycles. The van der Waals surface area contributed by atoms with E-state index in [0.29, 0.717) is 0 Å². The number of hydrogen-bond acceptors (Lipinski definition) is 3. The highest BCUT2D eigenvalue weighted by atomic mass is 16.3. The molecule has 3 heteroatoms. The molecule has 0 unspecified atom stereocenters. The van der Waals surface area contributed by atoms with Gasteiger partial charge in [-0.1, -0.05) is 121 Å². The highest BCUT2D eigenvalue weighted by Gasteiger charge is 2.21. The van der Waals surface area contributed by atoms with Crippen molar-refractivity contribution in [2.75, 3.05) is 4.90 Å². The van der Waals surface area contributed by atoms with E-state index in [-0.39, 0.29) is 0 Å². The van der Waals surface area contributed by atoms with Crippen LogP contribution in [0.5, 0.6) is 0 Å². The molecule has 2 aromatic heterocycles. The first kappa shape index (κ1) is 27.5. The van der Waals surface area contributed by atoms with Crippen LogP contribution in [-0.4, -0.2) is 0 Å². The Labute approximate surface area is 282 Å². The van der Waals surface area contributed by atoms with Crippen LogP contribution in [0.15, 0.2) is 185 Å². The van der Waals surface area contributed by atoms with Gasteiger partial charge in [0.25, 0.3) is 0 Å². The Kier molecular flexibility index (Phi) is 6.18. The van der Waals surface area contributed by atoms with E-state index in [1.807, 2.05) is 24.3 Å². The number of hydrogen-bond donors (Lipinski definition) is 0. The summed E-state index contributed by atoms with van der Waals surface area (Å²) in [6.45, 7) is 0. The maximum absolute atomic E-state index is 6.56. The van der Waals surface area contributed by atoms with Crippen LogP contribution in [0.3, 0.4) is 0 Å². The molecule has 230 valence electrons. The lowest BCUT2D eigenvalue weighted by Crippen LogP contribution is -2.11. The molecule has 0 aliphatic heterocycles. The van der Waals surface area contributed by atoms with Gasteiger partial charge >= 0.3 is 0 Å². The summed E-state index contributed by atoms with van der Waals surface area (Å²) in [7, 11) is 0. The van der Waals surface area contributed by atoms with E-state index < -0.39 is 0 Å². The average molecular weight is 628 g/mol. The van der Waals surface area contributed by atoms with Crippen molar-refractivity contribution in [1.82, 2.24) is 0 Å². The Bertz CT molecular complexity index is 2860. The summed E-state index contributed by atoms with van der Waals surface area (Å²) in [5.74, 6) is 0. The van der Waals surface area contributed by atoms with Gasteiger partial charge < -0.3 is 13.7 Å². The van der Waals surface area contributed by atoms with Crippen LogP contribution < -0.4 is 4.90 Å². The number of nitrogens with zero attached hydrogens (tertiary/aromatic N) is 1. The molecule has 3 nitrogen and oxygen atoms in total. The Morgan fingerprint density at radius 3 is 1.88 bits per heavy atom. The van der Waals surface area contributed by atoms with Gasteiger partial charge in [-0.2, -0.15) is 0 Å². The summed E-state index contributed by atoms with van der Waals surface area (Å²) in [6, 6.07) is 62.1. The zero-order chi connectivity index (χ0) is 32.3. The summed E-state index contributed by atoms with van der Waals surface area (Å²) >= 11 is 0. The molecule has 0 radical (unpaired) electrons. The van der Waals surface area contributed by atoms with E-state index in [1.54, 1.807) is 0 Å². The fourth-order valence-corrected chi connectivity index (χ4v) is 7.33. The third-order valence-electron chi connectivity index (χ3n) is 9.65. The zero-order valence-electron chi connectivity index (χ0n) is 26.5. The predicted molar refractivity (Wildman–Crippen MR) is 204 cm³/mol. The minimum absolute atomic E-state index is 0.871. The van der Waals surface area contributed by atoms with Gasteiger partial charge in [0.2, 0.25) is 0 Å². The molecule has 0 aliphatic rings. The summed E-state index contributed by atoms with van der Waals surface area (Å²) in [5.41, 5.74) is 11.1. The molecule has 49 heavy (non-hydrogen) atoms. The van der Waals surface area contributed by atoms with Gasteiger partial charge in [0.05, 0.1) is 5.69 Å². The van der Waals surface area contributed by atoms with Crippen molar-refractivity contribution in [2.24, 2.45) is 0 Å². The molecule has 0 atom stereocenters. The number of fused-ring (bicyclic) bond motifs is 7. The van der Waals surface area contributed by atoms with Crippen LogP contribution in [0.1, 0.15) is 0 Å². The van der Waals surface area contributed by atoms with Crippen molar-refractivity contribution in [1.29, 1.82) is 0 Å². The molecule has 0 fully saturated rings. The Balaban J connectivity index is 1.21. The number of furan rings is 2. The molecule has 0 N–H and O–H groups in total. The molecule has 10 rings (SSSR count). The van der Waals surface area contributed by atoms with Crippen molar-refractivity contribution in [3.8, 4) is 22.3 Å². The molecule has 0 amide bonds. The second kappa shape index (κ2) is 11.0. The number of rotatable bonds is 5. The van der Waals surface area contributed by atoms with E-state index in [4.69, 9.17) is 8.83 Å². The molecule has 10 aromatic rings. The molecule has 0 aliphatic carbocycles. The highest BCUT2D eigenvalue weighted by molar-refractivity contribution is 6.11. The fraction of sp³-hybridized carbons (Fsp3) is 0. The van der Waals surface area contributed by atoms with Gasteiger partial charge in [-0.05, 0) is 76.5 Å². The highest BCUT2D eigenvalue weighted by Crippen LogP contribution is 2.46. The molecule has 0 spiro atoms. The molecule has 0 bridgehead atoms. The zero-order valence-corrected chi connectivity index (χ0v) is 26.5.